The molecule has 0 radical (unpaired) electrons. The molecule has 0 N–H and O–H groups in total. The predicted molar refractivity (Wildman–Crippen MR) is 106 cm³/mol. The molecule has 1 amide bonds. The lowest BCUT2D eigenvalue weighted by Gasteiger charge is -2.07. The summed E-state index contributed by atoms with van der Waals surface area (Å²) in [5.41, 5.74) is 3.29. The summed E-state index contributed by atoms with van der Waals surface area (Å²) in [6.45, 7) is 7.01. The Balaban J connectivity index is 2.01. The number of halogens is 2. The molecule has 148 valence electrons. The Bertz CT molecular complexity index is 1090. The first-order valence-corrected chi connectivity index (χ1v) is 9.90. The summed E-state index contributed by atoms with van der Waals surface area (Å²) in [6.07, 6.45) is 0.155. The van der Waals surface area contributed by atoms with E-state index < -0.39 is 11.6 Å². The van der Waals surface area contributed by atoms with Crippen molar-refractivity contribution in [3.8, 4) is 0 Å². The summed E-state index contributed by atoms with van der Waals surface area (Å²) in [7, 11) is 0. The van der Waals surface area contributed by atoms with Crippen molar-refractivity contribution >= 4 is 27.5 Å². The number of rotatable bonds is 6. The molecule has 0 aliphatic heterocycles. The Morgan fingerprint density at radius 3 is 2.71 bits per heavy atom. The zero-order valence-electron chi connectivity index (χ0n) is 16.1. The second-order valence-electron chi connectivity index (χ2n) is 6.58. The number of aryl methyl sites for hydroxylation is 2. The molecule has 0 aliphatic rings. The number of hydrogen-bond donors (Lipinski definition) is 0. The second kappa shape index (κ2) is 8.75. The van der Waals surface area contributed by atoms with E-state index in [0.717, 1.165) is 34.1 Å². The molecular formula is C21H22F2N2O2S. The van der Waals surface area contributed by atoms with Crippen molar-refractivity contribution in [3.05, 3.63) is 63.5 Å². The van der Waals surface area contributed by atoms with Gasteiger partial charge < -0.3 is 9.30 Å². The highest BCUT2D eigenvalue weighted by Gasteiger charge is 2.14. The Labute approximate surface area is 166 Å². The fraction of sp³-hybridized carbons (Fsp3) is 0.333. The fourth-order valence-electron chi connectivity index (χ4n) is 3.08. The van der Waals surface area contributed by atoms with E-state index in [4.69, 9.17) is 4.74 Å². The zero-order valence-corrected chi connectivity index (χ0v) is 16.9. The third-order valence-corrected chi connectivity index (χ3v) is 5.44. The van der Waals surface area contributed by atoms with Crippen molar-refractivity contribution in [2.45, 2.75) is 33.7 Å². The molecule has 1 heterocycles. The van der Waals surface area contributed by atoms with Crippen molar-refractivity contribution in [1.82, 2.24) is 4.57 Å². The molecule has 7 heteroatoms. The van der Waals surface area contributed by atoms with Crippen LogP contribution in [0.3, 0.4) is 0 Å². The van der Waals surface area contributed by atoms with Crippen molar-refractivity contribution in [2.75, 3.05) is 13.2 Å². The van der Waals surface area contributed by atoms with Gasteiger partial charge in [0.25, 0.3) is 5.91 Å². The molecule has 0 spiro atoms. The number of nitrogens with zero attached hydrogens (tertiary/aromatic N) is 2. The smallest absolute Gasteiger partial charge is 0.252 e. The number of ether oxygens (including phenoxy) is 1. The lowest BCUT2D eigenvalue weighted by molar-refractivity contribution is -0.117. The van der Waals surface area contributed by atoms with Gasteiger partial charge in [-0.3, -0.25) is 4.79 Å². The molecule has 3 rings (SSSR count). The largest absolute Gasteiger partial charge is 0.380 e. The quantitative estimate of drug-likeness (QED) is 0.575. The molecule has 0 unspecified atom stereocenters. The minimum absolute atomic E-state index is 0.155. The number of hydrogen-bond acceptors (Lipinski definition) is 3. The highest BCUT2D eigenvalue weighted by atomic mass is 32.1. The van der Waals surface area contributed by atoms with Gasteiger partial charge in [0.1, 0.15) is 5.82 Å². The van der Waals surface area contributed by atoms with Crippen molar-refractivity contribution in [1.29, 1.82) is 0 Å². The van der Waals surface area contributed by atoms with Crippen LogP contribution < -0.4 is 4.80 Å². The molecular weight excluding hydrogens is 382 g/mol. The van der Waals surface area contributed by atoms with Gasteiger partial charge in [-0.25, -0.2) is 8.78 Å². The van der Waals surface area contributed by atoms with Crippen molar-refractivity contribution < 1.29 is 18.3 Å². The van der Waals surface area contributed by atoms with E-state index in [1.165, 1.54) is 6.07 Å². The number of fused-ring (bicyclic) bond motifs is 1. The van der Waals surface area contributed by atoms with Crippen LogP contribution in [0.25, 0.3) is 10.2 Å². The van der Waals surface area contributed by atoms with Crippen LogP contribution in [-0.4, -0.2) is 23.7 Å². The lowest BCUT2D eigenvalue weighted by atomic mass is 10.0. The first kappa shape index (κ1) is 20.4. The third kappa shape index (κ3) is 4.54. The Morgan fingerprint density at radius 2 is 2.00 bits per heavy atom. The highest BCUT2D eigenvalue weighted by molar-refractivity contribution is 7.16. The molecule has 4 nitrogen and oxygen atoms in total. The van der Waals surface area contributed by atoms with Crippen LogP contribution in [0, 0.1) is 25.5 Å². The standard InChI is InChI=1S/C21H22F2N2O2S/c1-4-27-8-7-25-20-17(23)11-16(22)12-18(20)28-21(25)24-19(26)10-15-6-5-13(2)9-14(15)3/h5-6,9,11-12H,4,7-8,10H2,1-3H3. The van der Waals surface area contributed by atoms with Gasteiger partial charge in [0.2, 0.25) is 0 Å². The topological polar surface area (TPSA) is 43.6 Å². The van der Waals surface area contributed by atoms with Gasteiger partial charge in [0.15, 0.2) is 10.6 Å². The zero-order chi connectivity index (χ0) is 20.3. The maximum absolute atomic E-state index is 14.4. The molecule has 0 saturated carbocycles. The van der Waals surface area contributed by atoms with Gasteiger partial charge in [-0.05, 0) is 38.0 Å². The van der Waals surface area contributed by atoms with Gasteiger partial charge in [0, 0.05) is 19.2 Å². The molecule has 0 fully saturated rings. The normalized spacial score (nSPS) is 12.1. The van der Waals surface area contributed by atoms with E-state index >= 15 is 0 Å². The average Bonchev–Trinajstić information content (AvgIpc) is 2.95. The molecule has 3 aromatic rings. The van der Waals surface area contributed by atoms with E-state index in [-0.39, 0.29) is 17.8 Å². The number of benzene rings is 2. The van der Waals surface area contributed by atoms with Crippen LogP contribution in [0.15, 0.2) is 35.3 Å². The maximum Gasteiger partial charge on any atom is 0.252 e. The summed E-state index contributed by atoms with van der Waals surface area (Å²) < 4.78 is 35.4. The maximum atomic E-state index is 14.4. The summed E-state index contributed by atoms with van der Waals surface area (Å²) in [5.74, 6) is -1.66. The highest BCUT2D eigenvalue weighted by Crippen LogP contribution is 2.22. The first-order valence-electron chi connectivity index (χ1n) is 9.09. The van der Waals surface area contributed by atoms with Gasteiger partial charge in [-0.15, -0.1) is 0 Å². The van der Waals surface area contributed by atoms with Crippen LogP contribution in [0.4, 0.5) is 8.78 Å². The number of thiazole rings is 1. The average molecular weight is 404 g/mol. The molecule has 0 saturated heterocycles. The van der Waals surface area contributed by atoms with E-state index in [9.17, 15) is 13.6 Å². The van der Waals surface area contributed by atoms with Gasteiger partial charge >= 0.3 is 0 Å². The van der Waals surface area contributed by atoms with Crippen LogP contribution in [0.1, 0.15) is 23.6 Å². The Hall–Kier alpha value is -2.38. The summed E-state index contributed by atoms with van der Waals surface area (Å²) in [4.78, 5) is 17.1. The van der Waals surface area contributed by atoms with Crippen LogP contribution >= 0.6 is 11.3 Å². The minimum atomic E-state index is -0.675. The summed E-state index contributed by atoms with van der Waals surface area (Å²) in [6, 6.07) is 7.99. The number of aromatic nitrogens is 1. The van der Waals surface area contributed by atoms with Crippen LogP contribution in [-0.2, 0) is 22.5 Å². The van der Waals surface area contributed by atoms with Gasteiger partial charge in [-0.1, -0.05) is 35.1 Å². The molecule has 2 aromatic carbocycles. The fourth-order valence-corrected chi connectivity index (χ4v) is 4.19. The molecule has 1 aromatic heterocycles. The monoisotopic (exact) mass is 404 g/mol. The summed E-state index contributed by atoms with van der Waals surface area (Å²) >= 11 is 1.10. The van der Waals surface area contributed by atoms with Crippen molar-refractivity contribution in [2.24, 2.45) is 4.99 Å². The molecule has 0 atom stereocenters. The van der Waals surface area contributed by atoms with Crippen LogP contribution in [0.2, 0.25) is 0 Å². The summed E-state index contributed by atoms with van der Waals surface area (Å²) in [5, 5.41) is 0. The van der Waals surface area contributed by atoms with E-state index in [1.54, 1.807) is 4.57 Å². The number of carbonyl (C=O) groups is 1. The van der Waals surface area contributed by atoms with E-state index in [2.05, 4.69) is 4.99 Å². The molecule has 0 aliphatic carbocycles. The second-order valence-corrected chi connectivity index (χ2v) is 7.59. The van der Waals surface area contributed by atoms with Gasteiger partial charge in [0.05, 0.1) is 23.2 Å². The number of carbonyl (C=O) groups excluding carboxylic acids is 1. The molecule has 28 heavy (non-hydrogen) atoms. The third-order valence-electron chi connectivity index (χ3n) is 4.42. The lowest BCUT2D eigenvalue weighted by Crippen LogP contribution is -2.20. The SMILES string of the molecule is CCOCCn1c(=NC(=O)Cc2ccc(C)cc2C)sc2cc(F)cc(F)c21. The first-order chi connectivity index (χ1) is 13.4. The van der Waals surface area contributed by atoms with E-state index in [1.807, 2.05) is 39.0 Å². The number of amides is 1. The Kier molecular flexibility index (Phi) is 6.36. The van der Waals surface area contributed by atoms with Gasteiger partial charge in [-0.2, -0.15) is 4.99 Å². The predicted octanol–water partition coefficient (Wildman–Crippen LogP) is 4.30. The minimum Gasteiger partial charge on any atom is -0.380 e. The Morgan fingerprint density at radius 1 is 1.21 bits per heavy atom. The van der Waals surface area contributed by atoms with Crippen molar-refractivity contribution in [3.63, 3.8) is 0 Å². The molecule has 0 bridgehead atoms. The van der Waals surface area contributed by atoms with E-state index in [0.29, 0.717) is 29.3 Å². The van der Waals surface area contributed by atoms with Crippen LogP contribution in [0.5, 0.6) is 0 Å².